The van der Waals surface area contributed by atoms with E-state index in [0.717, 1.165) is 36.2 Å². The Labute approximate surface area is 191 Å². The van der Waals surface area contributed by atoms with Crippen LogP contribution in [0.5, 0.6) is 0 Å². The first-order valence-electron chi connectivity index (χ1n) is 10.2. The molecule has 1 saturated heterocycles. The second kappa shape index (κ2) is 9.24. The fourth-order valence-electron chi connectivity index (χ4n) is 3.85. The first-order chi connectivity index (χ1) is 14.9. The van der Waals surface area contributed by atoms with Gasteiger partial charge in [0.25, 0.3) is 0 Å². The third kappa shape index (κ3) is 4.99. The van der Waals surface area contributed by atoms with Gasteiger partial charge in [-0.3, -0.25) is 9.48 Å². The molecule has 9 heteroatoms. The van der Waals surface area contributed by atoms with Crippen LogP contribution < -0.4 is 4.90 Å². The van der Waals surface area contributed by atoms with E-state index in [1.807, 2.05) is 54.4 Å². The molecule has 0 spiro atoms. The quantitative estimate of drug-likeness (QED) is 0.575. The molecule has 3 heterocycles. The van der Waals surface area contributed by atoms with Crippen LogP contribution in [-0.2, 0) is 11.3 Å². The number of halogens is 2. The lowest BCUT2D eigenvalue weighted by atomic mass is 9.90. The van der Waals surface area contributed by atoms with Crippen molar-refractivity contribution in [1.29, 1.82) is 0 Å². The zero-order chi connectivity index (χ0) is 22.0. The van der Waals surface area contributed by atoms with E-state index in [1.54, 1.807) is 10.9 Å². The minimum atomic E-state index is 0.0272. The predicted octanol–water partition coefficient (Wildman–Crippen LogP) is 4.12. The Morgan fingerprint density at radius 2 is 1.94 bits per heavy atom. The maximum atomic E-state index is 12.9. The molecule has 1 aromatic carbocycles. The summed E-state index contributed by atoms with van der Waals surface area (Å²) in [6.45, 7) is 1.51. The van der Waals surface area contributed by atoms with Crippen molar-refractivity contribution in [1.82, 2.24) is 24.6 Å². The Morgan fingerprint density at radius 1 is 1.16 bits per heavy atom. The van der Waals surface area contributed by atoms with Gasteiger partial charge in [-0.1, -0.05) is 35.3 Å². The fourth-order valence-corrected chi connectivity index (χ4v) is 4.14. The summed E-state index contributed by atoms with van der Waals surface area (Å²) in [5.74, 6) is 0.799. The Balaban J connectivity index is 1.61. The summed E-state index contributed by atoms with van der Waals surface area (Å²) >= 11 is 12.0. The number of piperidine rings is 1. The average molecular weight is 459 g/mol. The van der Waals surface area contributed by atoms with Gasteiger partial charge in [0.05, 0.1) is 16.9 Å². The van der Waals surface area contributed by atoms with Gasteiger partial charge in [-0.15, -0.1) is 0 Å². The van der Waals surface area contributed by atoms with E-state index in [1.165, 1.54) is 6.20 Å². The second-order valence-corrected chi connectivity index (χ2v) is 8.78. The molecule has 1 unspecified atom stereocenters. The highest BCUT2D eigenvalue weighted by atomic mass is 35.5. The minimum Gasteiger partial charge on any atom is -0.347 e. The summed E-state index contributed by atoms with van der Waals surface area (Å²) in [7, 11) is 3.85. The SMILES string of the molecule is CN(C)c1ncc(-c2ccc(Cl)cc2)c(C2CCCN(C(=O)Cn3cc(Cl)cn3)C2)n1. The number of carbonyl (C=O) groups excluding carboxylic acids is 1. The zero-order valence-corrected chi connectivity index (χ0v) is 19.0. The monoisotopic (exact) mass is 458 g/mol. The van der Waals surface area contributed by atoms with Gasteiger partial charge in [0.2, 0.25) is 11.9 Å². The topological polar surface area (TPSA) is 67.2 Å². The van der Waals surface area contributed by atoms with Crippen molar-refractivity contribution in [2.24, 2.45) is 0 Å². The Bertz CT molecular complexity index is 1070. The van der Waals surface area contributed by atoms with Crippen LogP contribution in [0.25, 0.3) is 11.1 Å². The van der Waals surface area contributed by atoms with E-state index >= 15 is 0 Å². The molecular weight excluding hydrogens is 435 g/mol. The van der Waals surface area contributed by atoms with Crippen molar-refractivity contribution in [3.05, 3.63) is 58.6 Å². The molecule has 0 aliphatic carbocycles. The van der Waals surface area contributed by atoms with Crippen molar-refractivity contribution in [3.8, 4) is 11.1 Å². The lowest BCUT2D eigenvalue weighted by molar-refractivity contribution is -0.133. The number of anilines is 1. The summed E-state index contributed by atoms with van der Waals surface area (Å²) < 4.78 is 1.57. The molecular formula is C22H24Cl2N6O. The van der Waals surface area contributed by atoms with E-state index in [4.69, 9.17) is 28.2 Å². The first-order valence-corrected chi connectivity index (χ1v) is 10.9. The lowest BCUT2D eigenvalue weighted by Crippen LogP contribution is -2.41. The van der Waals surface area contributed by atoms with Crippen LogP contribution >= 0.6 is 23.2 Å². The van der Waals surface area contributed by atoms with Crippen LogP contribution in [0.4, 0.5) is 5.95 Å². The molecule has 0 N–H and O–H groups in total. The van der Waals surface area contributed by atoms with Gasteiger partial charge in [-0.2, -0.15) is 5.10 Å². The van der Waals surface area contributed by atoms with Gasteiger partial charge in [0, 0.05) is 56.1 Å². The maximum Gasteiger partial charge on any atom is 0.244 e. The van der Waals surface area contributed by atoms with E-state index in [-0.39, 0.29) is 18.4 Å². The summed E-state index contributed by atoms with van der Waals surface area (Å²) in [6.07, 6.45) is 6.94. The number of nitrogens with zero attached hydrogens (tertiary/aromatic N) is 6. The highest BCUT2D eigenvalue weighted by Crippen LogP contribution is 2.34. The zero-order valence-electron chi connectivity index (χ0n) is 17.5. The first kappa shape index (κ1) is 21.6. The Morgan fingerprint density at radius 3 is 2.61 bits per heavy atom. The lowest BCUT2D eigenvalue weighted by Gasteiger charge is -2.33. The largest absolute Gasteiger partial charge is 0.347 e. The number of aromatic nitrogens is 4. The summed E-state index contributed by atoms with van der Waals surface area (Å²) in [5, 5.41) is 5.33. The van der Waals surface area contributed by atoms with Gasteiger partial charge >= 0.3 is 0 Å². The fraction of sp³-hybridized carbons (Fsp3) is 0.364. The predicted molar refractivity (Wildman–Crippen MR) is 123 cm³/mol. The number of hydrogen-bond donors (Lipinski definition) is 0. The standard InChI is InChI=1S/C22H24Cl2N6O/c1-28(2)22-25-11-19(15-5-7-17(23)8-6-15)21(27-22)16-4-3-9-29(12-16)20(31)14-30-13-18(24)10-26-30/h5-8,10-11,13,16H,3-4,9,12,14H2,1-2H3. The average Bonchev–Trinajstić information content (AvgIpc) is 3.18. The molecule has 1 atom stereocenters. The number of rotatable bonds is 5. The number of carbonyl (C=O) groups is 1. The van der Waals surface area contributed by atoms with Crippen molar-refractivity contribution in [3.63, 3.8) is 0 Å². The van der Waals surface area contributed by atoms with E-state index in [9.17, 15) is 4.79 Å². The number of likely N-dealkylation sites (tertiary alicyclic amines) is 1. The molecule has 7 nitrogen and oxygen atoms in total. The molecule has 31 heavy (non-hydrogen) atoms. The summed E-state index contributed by atoms with van der Waals surface area (Å²) in [5.41, 5.74) is 2.94. The van der Waals surface area contributed by atoms with Crippen LogP contribution in [0.15, 0.2) is 42.9 Å². The molecule has 0 bridgehead atoms. The summed E-state index contributed by atoms with van der Waals surface area (Å²) in [4.78, 5) is 26.1. The maximum absolute atomic E-state index is 12.9. The van der Waals surface area contributed by atoms with Gasteiger partial charge in [-0.05, 0) is 30.5 Å². The molecule has 1 aliphatic heterocycles. The smallest absolute Gasteiger partial charge is 0.244 e. The van der Waals surface area contributed by atoms with Gasteiger partial charge in [0.1, 0.15) is 6.54 Å². The molecule has 0 saturated carbocycles. The van der Waals surface area contributed by atoms with E-state index in [0.29, 0.717) is 22.5 Å². The molecule has 0 radical (unpaired) electrons. The Hall–Kier alpha value is -2.64. The summed E-state index contributed by atoms with van der Waals surface area (Å²) in [6, 6.07) is 7.69. The molecule has 162 valence electrons. The van der Waals surface area contributed by atoms with Crippen molar-refractivity contribution >= 4 is 35.1 Å². The minimum absolute atomic E-state index is 0.0272. The molecule has 2 aromatic heterocycles. The van der Waals surface area contributed by atoms with Crippen LogP contribution in [-0.4, -0.2) is 57.7 Å². The molecule has 4 rings (SSSR count). The van der Waals surface area contributed by atoms with Crippen molar-refractivity contribution in [2.45, 2.75) is 25.3 Å². The number of benzene rings is 1. The molecule has 1 fully saturated rings. The van der Waals surface area contributed by atoms with Crippen LogP contribution in [0.3, 0.4) is 0 Å². The van der Waals surface area contributed by atoms with Crippen LogP contribution in [0.1, 0.15) is 24.5 Å². The van der Waals surface area contributed by atoms with Crippen LogP contribution in [0, 0.1) is 0 Å². The second-order valence-electron chi connectivity index (χ2n) is 7.91. The van der Waals surface area contributed by atoms with E-state index < -0.39 is 0 Å². The normalized spacial score (nSPS) is 16.4. The van der Waals surface area contributed by atoms with E-state index in [2.05, 4.69) is 10.1 Å². The van der Waals surface area contributed by atoms with Crippen molar-refractivity contribution in [2.75, 3.05) is 32.1 Å². The van der Waals surface area contributed by atoms with Gasteiger partial charge < -0.3 is 9.80 Å². The molecule has 3 aromatic rings. The van der Waals surface area contributed by atoms with Gasteiger partial charge in [0.15, 0.2) is 0 Å². The highest BCUT2D eigenvalue weighted by Gasteiger charge is 2.28. The van der Waals surface area contributed by atoms with Crippen molar-refractivity contribution < 1.29 is 4.79 Å². The molecule has 1 amide bonds. The Kier molecular flexibility index (Phi) is 6.43. The number of amides is 1. The third-order valence-corrected chi connectivity index (χ3v) is 5.87. The van der Waals surface area contributed by atoms with Crippen LogP contribution in [0.2, 0.25) is 10.0 Å². The van der Waals surface area contributed by atoms with Gasteiger partial charge in [-0.25, -0.2) is 9.97 Å². The number of hydrogen-bond acceptors (Lipinski definition) is 5. The third-order valence-electron chi connectivity index (χ3n) is 5.42. The highest BCUT2D eigenvalue weighted by molar-refractivity contribution is 6.30. The molecule has 1 aliphatic rings.